The first-order valence-corrected chi connectivity index (χ1v) is 7.59. The highest BCUT2D eigenvalue weighted by Gasteiger charge is 2.30. The van der Waals surface area contributed by atoms with Gasteiger partial charge in [0.2, 0.25) is 0 Å². The average molecular weight is 313 g/mol. The van der Waals surface area contributed by atoms with E-state index in [9.17, 15) is 0 Å². The van der Waals surface area contributed by atoms with Gasteiger partial charge in [-0.05, 0) is 31.0 Å². The topological polar surface area (TPSA) is 24.4 Å². The largest absolute Gasteiger partial charge is 0.359 e. The second-order valence-corrected chi connectivity index (χ2v) is 6.46. The van der Waals surface area contributed by atoms with Crippen LogP contribution < -0.4 is 5.32 Å². The summed E-state index contributed by atoms with van der Waals surface area (Å²) in [5, 5.41) is 4.58. The van der Waals surface area contributed by atoms with E-state index in [1.54, 1.807) is 0 Å². The van der Waals surface area contributed by atoms with Crippen molar-refractivity contribution in [1.29, 1.82) is 0 Å². The molecule has 1 saturated heterocycles. The second-order valence-electron chi connectivity index (χ2n) is 4.58. The van der Waals surface area contributed by atoms with Gasteiger partial charge in [0, 0.05) is 15.8 Å². The lowest BCUT2D eigenvalue weighted by Gasteiger charge is -2.20. The molecule has 1 heterocycles. The summed E-state index contributed by atoms with van der Waals surface area (Å²) >= 11 is 5.30. The standard InChI is InChI=1S/C13H17BrN2S/c1-3-13(2)9-17-12(16-13)15-8-10-5-4-6-11(14)7-10/h4-7H,3,8-9H2,1-2H3,(H,15,16). The number of hydrogen-bond donors (Lipinski definition) is 1. The number of nitrogens with zero attached hydrogens (tertiary/aromatic N) is 1. The van der Waals surface area contributed by atoms with Gasteiger partial charge in [0.1, 0.15) is 0 Å². The lowest BCUT2D eigenvalue weighted by molar-refractivity contribution is 0.466. The molecule has 0 aromatic heterocycles. The van der Waals surface area contributed by atoms with E-state index in [0.717, 1.165) is 28.4 Å². The van der Waals surface area contributed by atoms with Crippen molar-refractivity contribution in [3.63, 3.8) is 0 Å². The van der Waals surface area contributed by atoms with Crippen molar-refractivity contribution in [3.8, 4) is 0 Å². The van der Waals surface area contributed by atoms with Gasteiger partial charge < -0.3 is 5.32 Å². The van der Waals surface area contributed by atoms with Crippen molar-refractivity contribution in [2.45, 2.75) is 32.4 Å². The van der Waals surface area contributed by atoms with Crippen LogP contribution in [0.2, 0.25) is 0 Å². The normalized spacial score (nSPS) is 26.2. The summed E-state index contributed by atoms with van der Waals surface area (Å²) in [4.78, 5) is 4.63. The Balaban J connectivity index is 1.98. The molecule has 1 N–H and O–H groups in total. The van der Waals surface area contributed by atoms with Crippen LogP contribution in [0.5, 0.6) is 0 Å². The summed E-state index contributed by atoms with van der Waals surface area (Å²) in [6.45, 7) is 5.21. The minimum atomic E-state index is 0.223. The van der Waals surface area contributed by atoms with Gasteiger partial charge in [-0.1, -0.05) is 46.7 Å². The predicted octanol–water partition coefficient (Wildman–Crippen LogP) is 3.81. The van der Waals surface area contributed by atoms with Crippen LogP contribution in [0.1, 0.15) is 25.8 Å². The van der Waals surface area contributed by atoms with Crippen LogP contribution >= 0.6 is 27.7 Å². The average Bonchev–Trinajstić information content (AvgIpc) is 2.70. The molecular formula is C13H17BrN2S. The Kier molecular flexibility index (Phi) is 4.15. The SMILES string of the molecule is CCC1(C)CSC(=NCc2cccc(Br)c2)N1. The number of hydrogen-bond acceptors (Lipinski definition) is 2. The summed E-state index contributed by atoms with van der Waals surface area (Å²) in [5.41, 5.74) is 1.46. The van der Waals surface area contributed by atoms with E-state index in [2.05, 4.69) is 52.2 Å². The maximum atomic E-state index is 4.63. The fraction of sp³-hybridized carbons (Fsp3) is 0.462. The third-order valence-electron chi connectivity index (χ3n) is 3.01. The van der Waals surface area contributed by atoms with Crippen LogP contribution in [0.4, 0.5) is 0 Å². The van der Waals surface area contributed by atoms with E-state index >= 15 is 0 Å². The fourth-order valence-corrected chi connectivity index (χ4v) is 3.28. The first-order valence-electron chi connectivity index (χ1n) is 5.81. The zero-order valence-corrected chi connectivity index (χ0v) is 12.6. The summed E-state index contributed by atoms with van der Waals surface area (Å²) < 4.78 is 1.11. The molecule has 2 nitrogen and oxygen atoms in total. The zero-order valence-electron chi connectivity index (χ0n) is 10.2. The number of nitrogens with one attached hydrogen (secondary N) is 1. The third kappa shape index (κ3) is 3.49. The minimum Gasteiger partial charge on any atom is -0.359 e. The van der Waals surface area contributed by atoms with Crippen molar-refractivity contribution in [2.24, 2.45) is 4.99 Å². The van der Waals surface area contributed by atoms with Gasteiger partial charge in [-0.2, -0.15) is 0 Å². The monoisotopic (exact) mass is 312 g/mol. The number of amidine groups is 1. The van der Waals surface area contributed by atoms with Gasteiger partial charge in [0.05, 0.1) is 6.54 Å². The Morgan fingerprint density at radius 1 is 1.53 bits per heavy atom. The van der Waals surface area contributed by atoms with E-state index in [4.69, 9.17) is 0 Å². The van der Waals surface area contributed by atoms with Crippen molar-refractivity contribution >= 4 is 32.9 Å². The molecule has 0 amide bonds. The van der Waals surface area contributed by atoms with Gasteiger partial charge in [-0.25, -0.2) is 0 Å². The van der Waals surface area contributed by atoms with Crippen LogP contribution in [-0.4, -0.2) is 16.5 Å². The van der Waals surface area contributed by atoms with E-state index in [1.807, 2.05) is 23.9 Å². The van der Waals surface area contributed by atoms with Crippen LogP contribution in [0.15, 0.2) is 33.7 Å². The van der Waals surface area contributed by atoms with Crippen LogP contribution in [0, 0.1) is 0 Å². The molecule has 1 aliphatic heterocycles. The van der Waals surface area contributed by atoms with Crippen LogP contribution in [0.3, 0.4) is 0 Å². The first kappa shape index (κ1) is 13.0. The zero-order chi connectivity index (χ0) is 12.3. The molecule has 1 unspecified atom stereocenters. The molecule has 92 valence electrons. The summed E-state index contributed by atoms with van der Waals surface area (Å²) in [6, 6.07) is 8.30. The summed E-state index contributed by atoms with van der Waals surface area (Å²) in [6.07, 6.45) is 1.13. The Morgan fingerprint density at radius 2 is 2.35 bits per heavy atom. The summed E-state index contributed by atoms with van der Waals surface area (Å²) in [5.74, 6) is 1.11. The Bertz CT molecular complexity index is 433. The lowest BCUT2D eigenvalue weighted by atomic mass is 10.0. The molecule has 1 aliphatic rings. The molecule has 2 rings (SSSR count). The lowest BCUT2D eigenvalue weighted by Crippen LogP contribution is -2.39. The minimum absolute atomic E-state index is 0.223. The molecule has 0 bridgehead atoms. The summed E-state index contributed by atoms with van der Waals surface area (Å²) in [7, 11) is 0. The molecule has 0 spiro atoms. The highest BCUT2D eigenvalue weighted by atomic mass is 79.9. The number of thioether (sulfide) groups is 1. The Hall–Kier alpha value is -0.480. The van der Waals surface area contributed by atoms with E-state index in [0.29, 0.717) is 0 Å². The second kappa shape index (κ2) is 5.44. The Morgan fingerprint density at radius 3 is 3.00 bits per heavy atom. The quantitative estimate of drug-likeness (QED) is 0.917. The molecule has 1 fully saturated rings. The van der Waals surface area contributed by atoms with Gasteiger partial charge in [0.15, 0.2) is 5.17 Å². The highest BCUT2D eigenvalue weighted by Crippen LogP contribution is 2.25. The van der Waals surface area contributed by atoms with Gasteiger partial charge >= 0.3 is 0 Å². The fourth-order valence-electron chi connectivity index (χ4n) is 1.63. The molecule has 4 heteroatoms. The van der Waals surface area contributed by atoms with Crippen molar-refractivity contribution in [1.82, 2.24) is 5.32 Å². The van der Waals surface area contributed by atoms with Crippen molar-refractivity contribution in [3.05, 3.63) is 34.3 Å². The van der Waals surface area contributed by atoms with Gasteiger partial charge in [-0.15, -0.1) is 0 Å². The maximum absolute atomic E-state index is 4.63. The molecule has 1 aromatic carbocycles. The first-order chi connectivity index (χ1) is 8.11. The number of benzene rings is 1. The molecule has 0 aliphatic carbocycles. The Labute approximate surface area is 115 Å². The highest BCUT2D eigenvalue weighted by molar-refractivity contribution is 9.10. The molecule has 1 aromatic rings. The molecule has 1 atom stereocenters. The third-order valence-corrected chi connectivity index (χ3v) is 4.79. The van der Waals surface area contributed by atoms with Crippen LogP contribution in [-0.2, 0) is 6.54 Å². The maximum Gasteiger partial charge on any atom is 0.157 e. The van der Waals surface area contributed by atoms with Crippen LogP contribution in [0.25, 0.3) is 0 Å². The van der Waals surface area contributed by atoms with Crippen molar-refractivity contribution in [2.75, 3.05) is 5.75 Å². The number of aliphatic imine (C=N–C) groups is 1. The molecule has 17 heavy (non-hydrogen) atoms. The van der Waals surface area contributed by atoms with Gasteiger partial charge in [-0.3, -0.25) is 4.99 Å². The van der Waals surface area contributed by atoms with E-state index < -0.39 is 0 Å². The van der Waals surface area contributed by atoms with Crippen molar-refractivity contribution < 1.29 is 0 Å². The molecular weight excluding hydrogens is 296 g/mol. The predicted molar refractivity (Wildman–Crippen MR) is 79.6 cm³/mol. The smallest absolute Gasteiger partial charge is 0.157 e. The van der Waals surface area contributed by atoms with Gasteiger partial charge in [0.25, 0.3) is 0 Å². The molecule has 0 saturated carbocycles. The number of halogens is 1. The van der Waals surface area contributed by atoms with E-state index in [1.165, 1.54) is 5.56 Å². The van der Waals surface area contributed by atoms with E-state index in [-0.39, 0.29) is 5.54 Å². The molecule has 0 radical (unpaired) electrons. The number of rotatable bonds is 3.